The third-order valence-electron chi connectivity index (χ3n) is 3.38. The molecule has 1 aromatic heterocycles. The number of aryl methyl sites for hydroxylation is 1. The van der Waals surface area contributed by atoms with E-state index < -0.39 is 0 Å². The van der Waals surface area contributed by atoms with Gasteiger partial charge < -0.3 is 15.1 Å². The first kappa shape index (κ1) is 16.7. The summed E-state index contributed by atoms with van der Waals surface area (Å²) in [7, 11) is 4.15. The van der Waals surface area contributed by atoms with Crippen molar-refractivity contribution in [2.45, 2.75) is 32.6 Å². The SMILES string of the molecule is Cc1nc2c(O)c(N=CCCCCCN(C)C)cc(O)c2s1. The van der Waals surface area contributed by atoms with Crippen LogP contribution in [0.3, 0.4) is 0 Å². The van der Waals surface area contributed by atoms with E-state index in [9.17, 15) is 10.2 Å². The summed E-state index contributed by atoms with van der Waals surface area (Å²) in [5.74, 6) is 0.164. The van der Waals surface area contributed by atoms with Gasteiger partial charge in [0.15, 0.2) is 5.75 Å². The molecule has 0 saturated carbocycles. The van der Waals surface area contributed by atoms with Crippen molar-refractivity contribution in [3.8, 4) is 11.5 Å². The minimum absolute atomic E-state index is 0.0426. The molecule has 0 amide bonds. The molecule has 0 radical (unpaired) electrons. The van der Waals surface area contributed by atoms with Crippen molar-refractivity contribution in [3.05, 3.63) is 11.1 Å². The maximum Gasteiger partial charge on any atom is 0.168 e. The quantitative estimate of drug-likeness (QED) is 0.462. The summed E-state index contributed by atoms with van der Waals surface area (Å²) in [6, 6.07) is 1.50. The number of nitrogens with zero attached hydrogens (tertiary/aromatic N) is 3. The van der Waals surface area contributed by atoms with Gasteiger partial charge in [0.2, 0.25) is 0 Å². The molecule has 0 aliphatic rings. The largest absolute Gasteiger partial charge is 0.506 e. The fraction of sp³-hybridized carbons (Fsp3) is 0.500. The number of rotatable bonds is 7. The van der Waals surface area contributed by atoms with Gasteiger partial charge in [-0.3, -0.25) is 4.99 Å². The number of aromatic hydroxyl groups is 2. The number of phenols is 2. The zero-order valence-corrected chi connectivity index (χ0v) is 14.2. The summed E-state index contributed by atoms with van der Waals surface area (Å²) in [6.07, 6.45) is 6.07. The minimum atomic E-state index is 0.0426. The Balaban J connectivity index is 1.96. The molecule has 0 unspecified atom stereocenters. The summed E-state index contributed by atoms with van der Waals surface area (Å²) in [4.78, 5) is 10.7. The fourth-order valence-electron chi connectivity index (χ4n) is 2.25. The molecular formula is C16H23N3O2S. The van der Waals surface area contributed by atoms with Gasteiger partial charge >= 0.3 is 0 Å². The van der Waals surface area contributed by atoms with Crippen molar-refractivity contribution in [2.24, 2.45) is 4.99 Å². The van der Waals surface area contributed by atoms with Crippen LogP contribution in [0.1, 0.15) is 30.7 Å². The number of aliphatic imine (C=N–C) groups is 1. The average Bonchev–Trinajstić information content (AvgIpc) is 2.85. The van der Waals surface area contributed by atoms with Gasteiger partial charge in [0, 0.05) is 12.3 Å². The van der Waals surface area contributed by atoms with Gasteiger partial charge in [0.1, 0.15) is 21.7 Å². The minimum Gasteiger partial charge on any atom is -0.506 e. The van der Waals surface area contributed by atoms with E-state index in [1.54, 1.807) is 6.21 Å². The Hall–Kier alpha value is -1.66. The van der Waals surface area contributed by atoms with Crippen LogP contribution in [0, 0.1) is 6.92 Å². The number of hydrogen-bond acceptors (Lipinski definition) is 6. The van der Waals surface area contributed by atoms with E-state index in [2.05, 4.69) is 29.0 Å². The van der Waals surface area contributed by atoms with Crippen molar-refractivity contribution in [1.82, 2.24) is 9.88 Å². The van der Waals surface area contributed by atoms with Crippen molar-refractivity contribution >= 4 is 33.5 Å². The van der Waals surface area contributed by atoms with Crippen LogP contribution >= 0.6 is 11.3 Å². The molecule has 1 aromatic carbocycles. The van der Waals surface area contributed by atoms with Crippen LogP contribution in [0.15, 0.2) is 11.1 Å². The first-order valence-corrected chi connectivity index (χ1v) is 8.30. The molecule has 2 N–H and O–H groups in total. The topological polar surface area (TPSA) is 69.0 Å². The number of unbranched alkanes of at least 4 members (excludes halogenated alkanes) is 3. The van der Waals surface area contributed by atoms with Gasteiger partial charge in [-0.2, -0.15) is 0 Å². The Bertz CT molecular complexity index is 665. The van der Waals surface area contributed by atoms with Gasteiger partial charge in [0.25, 0.3) is 0 Å². The number of benzene rings is 1. The molecule has 0 spiro atoms. The van der Waals surface area contributed by atoms with Crippen molar-refractivity contribution in [1.29, 1.82) is 0 Å². The number of thiazole rings is 1. The van der Waals surface area contributed by atoms with Crippen LogP contribution < -0.4 is 0 Å². The molecule has 0 atom stereocenters. The first-order chi connectivity index (χ1) is 10.5. The Labute approximate surface area is 135 Å². The van der Waals surface area contributed by atoms with Gasteiger partial charge in [-0.25, -0.2) is 4.98 Å². The molecule has 2 aromatic rings. The van der Waals surface area contributed by atoms with Crippen molar-refractivity contribution in [2.75, 3.05) is 20.6 Å². The lowest BCUT2D eigenvalue weighted by Gasteiger charge is -2.07. The van der Waals surface area contributed by atoms with Gasteiger partial charge in [-0.1, -0.05) is 6.42 Å². The second-order valence-corrected chi connectivity index (χ2v) is 6.84. The highest BCUT2D eigenvalue weighted by Crippen LogP contribution is 2.42. The smallest absolute Gasteiger partial charge is 0.168 e. The summed E-state index contributed by atoms with van der Waals surface area (Å²) in [6.45, 7) is 2.95. The molecule has 22 heavy (non-hydrogen) atoms. The van der Waals surface area contributed by atoms with Crippen LogP contribution in [0.4, 0.5) is 5.69 Å². The highest BCUT2D eigenvalue weighted by molar-refractivity contribution is 7.19. The van der Waals surface area contributed by atoms with Gasteiger partial charge in [-0.05, 0) is 46.8 Å². The van der Waals surface area contributed by atoms with Gasteiger partial charge in [0.05, 0.1) is 5.01 Å². The Morgan fingerprint density at radius 3 is 2.77 bits per heavy atom. The maximum atomic E-state index is 10.2. The lowest BCUT2D eigenvalue weighted by Crippen LogP contribution is -2.12. The van der Waals surface area contributed by atoms with E-state index in [1.807, 2.05) is 6.92 Å². The molecule has 6 heteroatoms. The molecule has 0 saturated heterocycles. The molecule has 2 rings (SSSR count). The number of aromatic nitrogens is 1. The zero-order chi connectivity index (χ0) is 16.1. The van der Waals surface area contributed by atoms with Gasteiger partial charge in [-0.15, -0.1) is 11.3 Å². The fourth-order valence-corrected chi connectivity index (χ4v) is 3.08. The predicted octanol–water partition coefficient (Wildman–Crippen LogP) is 3.84. The van der Waals surface area contributed by atoms with Crippen molar-refractivity contribution < 1.29 is 10.2 Å². The van der Waals surface area contributed by atoms with E-state index in [-0.39, 0.29) is 11.5 Å². The summed E-state index contributed by atoms with van der Waals surface area (Å²) in [5.41, 5.74) is 0.809. The Kier molecular flexibility index (Phi) is 5.74. The molecule has 0 bridgehead atoms. The highest BCUT2D eigenvalue weighted by atomic mass is 32.1. The third kappa shape index (κ3) is 4.18. The molecular weight excluding hydrogens is 298 g/mol. The summed E-state index contributed by atoms with van der Waals surface area (Å²) < 4.78 is 0.609. The highest BCUT2D eigenvalue weighted by Gasteiger charge is 2.14. The maximum absolute atomic E-state index is 10.2. The van der Waals surface area contributed by atoms with Crippen molar-refractivity contribution in [3.63, 3.8) is 0 Å². The monoisotopic (exact) mass is 321 g/mol. The van der Waals surface area contributed by atoms with E-state index >= 15 is 0 Å². The second-order valence-electron chi connectivity index (χ2n) is 5.64. The van der Waals surface area contributed by atoms with Crippen LogP contribution in [0.25, 0.3) is 10.2 Å². The normalized spacial score (nSPS) is 12.0. The molecule has 0 aliphatic carbocycles. The summed E-state index contributed by atoms with van der Waals surface area (Å²) in [5, 5.41) is 21.0. The number of hydrogen-bond donors (Lipinski definition) is 2. The average molecular weight is 321 g/mol. The van der Waals surface area contributed by atoms with Crippen LogP contribution in [0.5, 0.6) is 11.5 Å². The molecule has 0 fully saturated rings. The number of phenolic OH excluding ortho intramolecular Hbond substituents is 2. The predicted molar refractivity (Wildman–Crippen MR) is 92.9 cm³/mol. The third-order valence-corrected chi connectivity index (χ3v) is 4.37. The lowest BCUT2D eigenvalue weighted by molar-refractivity contribution is 0.392. The molecule has 5 nitrogen and oxygen atoms in total. The first-order valence-electron chi connectivity index (χ1n) is 7.48. The number of fused-ring (bicyclic) bond motifs is 1. The Morgan fingerprint density at radius 2 is 2.05 bits per heavy atom. The molecule has 0 aliphatic heterocycles. The van der Waals surface area contributed by atoms with E-state index in [0.717, 1.165) is 30.8 Å². The Morgan fingerprint density at radius 1 is 1.27 bits per heavy atom. The van der Waals surface area contributed by atoms with Crippen LogP contribution in [-0.4, -0.2) is 47.0 Å². The van der Waals surface area contributed by atoms with Crippen LogP contribution in [0.2, 0.25) is 0 Å². The standard InChI is InChI=1S/C16H23N3O2S/c1-11-18-14-15(21)12(10-13(20)16(14)22-11)17-8-6-4-5-7-9-19(2)3/h8,10,20-21H,4-7,9H2,1-3H3. The van der Waals surface area contributed by atoms with E-state index in [0.29, 0.717) is 15.9 Å². The van der Waals surface area contributed by atoms with Crippen LogP contribution in [-0.2, 0) is 0 Å². The summed E-state index contributed by atoms with van der Waals surface area (Å²) >= 11 is 1.36. The zero-order valence-electron chi connectivity index (χ0n) is 13.3. The lowest BCUT2D eigenvalue weighted by atomic mass is 10.2. The molecule has 120 valence electrons. The molecule has 1 heterocycles. The van der Waals surface area contributed by atoms with E-state index in [1.165, 1.54) is 23.8 Å². The van der Waals surface area contributed by atoms with E-state index in [4.69, 9.17) is 0 Å². The second kappa shape index (κ2) is 7.56.